The summed E-state index contributed by atoms with van der Waals surface area (Å²) in [6, 6.07) is 6.53. The highest BCUT2D eigenvalue weighted by atomic mass is 16.5. The Hall–Kier alpha value is -1.81. The second-order valence-electron chi connectivity index (χ2n) is 5.01. The third kappa shape index (κ3) is 3.61. The zero-order chi connectivity index (χ0) is 14.4. The fraction of sp³-hybridized carbons (Fsp3) is 0.438. The van der Waals surface area contributed by atoms with Crippen LogP contribution in [0.4, 0.5) is 0 Å². The summed E-state index contributed by atoms with van der Waals surface area (Å²) < 4.78 is 5.06. The summed E-state index contributed by atoms with van der Waals surface area (Å²) in [6.07, 6.45) is 9.15. The summed E-state index contributed by atoms with van der Waals surface area (Å²) in [5, 5.41) is 11.0. The minimum atomic E-state index is -0.372. The van der Waals surface area contributed by atoms with E-state index in [2.05, 4.69) is 0 Å². The highest BCUT2D eigenvalue weighted by Gasteiger charge is 2.21. The number of ether oxygens (including phenoxy) is 1. The molecule has 1 atom stereocenters. The van der Waals surface area contributed by atoms with Gasteiger partial charge >= 0.3 is 0 Å². The molecule has 1 N–H and O–H groups in total. The van der Waals surface area contributed by atoms with Crippen molar-refractivity contribution in [1.82, 2.24) is 5.06 Å². The normalized spacial score (nSPS) is 20.6. The smallest absolute Gasteiger partial charge is 0.277 e. The number of hydroxylamine groups is 2. The first-order chi connectivity index (χ1) is 9.72. The van der Waals surface area contributed by atoms with E-state index < -0.39 is 0 Å². The molecule has 1 aliphatic carbocycles. The lowest BCUT2D eigenvalue weighted by Gasteiger charge is -2.24. The van der Waals surface area contributed by atoms with Gasteiger partial charge in [0, 0.05) is 5.56 Å². The lowest BCUT2D eigenvalue weighted by Crippen LogP contribution is -2.36. The van der Waals surface area contributed by atoms with Crippen LogP contribution < -0.4 is 4.74 Å². The van der Waals surface area contributed by atoms with E-state index in [1.807, 2.05) is 12.2 Å². The van der Waals surface area contributed by atoms with E-state index in [1.165, 1.54) is 6.42 Å². The maximum absolute atomic E-state index is 12.2. The maximum atomic E-state index is 12.2. The molecule has 0 aromatic heterocycles. The van der Waals surface area contributed by atoms with Crippen LogP contribution in [0, 0.1) is 0 Å². The third-order valence-corrected chi connectivity index (χ3v) is 3.59. The number of amides is 1. The van der Waals surface area contributed by atoms with Crippen LogP contribution in [0.3, 0.4) is 0 Å². The van der Waals surface area contributed by atoms with Gasteiger partial charge in [-0.15, -0.1) is 0 Å². The third-order valence-electron chi connectivity index (χ3n) is 3.59. The summed E-state index contributed by atoms with van der Waals surface area (Å²) in [5.74, 6) is 0.319. The highest BCUT2D eigenvalue weighted by Crippen LogP contribution is 2.18. The minimum Gasteiger partial charge on any atom is -0.497 e. The first-order valence-electron chi connectivity index (χ1n) is 7.05. The average Bonchev–Trinajstić information content (AvgIpc) is 2.46. The molecule has 0 fully saturated rings. The Morgan fingerprint density at radius 2 is 2.00 bits per heavy atom. The Morgan fingerprint density at radius 1 is 1.25 bits per heavy atom. The molecular weight excluding hydrogens is 254 g/mol. The number of hydrogen-bond acceptors (Lipinski definition) is 3. The van der Waals surface area contributed by atoms with Gasteiger partial charge in [-0.05, 0) is 43.5 Å². The largest absolute Gasteiger partial charge is 0.497 e. The molecule has 1 aromatic carbocycles. The Morgan fingerprint density at radius 3 is 2.70 bits per heavy atom. The Labute approximate surface area is 119 Å². The Bertz CT molecular complexity index is 467. The van der Waals surface area contributed by atoms with Crippen molar-refractivity contribution in [2.75, 3.05) is 7.11 Å². The van der Waals surface area contributed by atoms with Gasteiger partial charge in [0.25, 0.3) is 5.91 Å². The van der Waals surface area contributed by atoms with Crippen molar-refractivity contribution < 1.29 is 14.7 Å². The second-order valence-corrected chi connectivity index (χ2v) is 5.01. The fourth-order valence-corrected chi connectivity index (χ4v) is 2.36. The molecule has 0 spiro atoms. The topological polar surface area (TPSA) is 49.8 Å². The standard InChI is InChI=1S/C16H21NO3/c1-20-15-11-9-13(10-12-15)16(18)17(19)14-7-5-3-2-4-6-8-14/h5,7,9-12,14,19H,2-4,6,8H2,1H3/b7-5-. The van der Waals surface area contributed by atoms with Crippen LogP contribution in [-0.2, 0) is 0 Å². The zero-order valence-electron chi connectivity index (χ0n) is 11.8. The van der Waals surface area contributed by atoms with Crippen molar-refractivity contribution in [1.29, 1.82) is 0 Å². The molecule has 4 heteroatoms. The van der Waals surface area contributed by atoms with Crippen molar-refractivity contribution in [2.45, 2.75) is 38.1 Å². The molecule has 0 aliphatic heterocycles. The molecule has 20 heavy (non-hydrogen) atoms. The molecule has 0 heterocycles. The van der Waals surface area contributed by atoms with Gasteiger partial charge in [-0.1, -0.05) is 25.0 Å². The van der Waals surface area contributed by atoms with Crippen LogP contribution in [0.2, 0.25) is 0 Å². The van der Waals surface area contributed by atoms with E-state index in [-0.39, 0.29) is 11.9 Å². The molecule has 1 amide bonds. The Balaban J connectivity index is 2.07. The second kappa shape index (κ2) is 7.10. The number of nitrogens with zero attached hydrogens (tertiary/aromatic N) is 1. The number of rotatable bonds is 3. The van der Waals surface area contributed by atoms with E-state index in [4.69, 9.17) is 4.74 Å². The summed E-state index contributed by atoms with van der Waals surface area (Å²) in [7, 11) is 1.58. The number of carbonyl (C=O) groups excluding carboxylic acids is 1. The Kier molecular flexibility index (Phi) is 5.18. The van der Waals surface area contributed by atoms with E-state index in [0.29, 0.717) is 11.3 Å². The van der Waals surface area contributed by atoms with Crippen LogP contribution in [0.25, 0.3) is 0 Å². The van der Waals surface area contributed by atoms with E-state index in [1.54, 1.807) is 31.4 Å². The molecule has 108 valence electrons. The maximum Gasteiger partial charge on any atom is 0.277 e. The highest BCUT2D eigenvalue weighted by molar-refractivity contribution is 5.93. The molecule has 0 saturated heterocycles. The van der Waals surface area contributed by atoms with Gasteiger partial charge in [0.2, 0.25) is 0 Å². The summed E-state index contributed by atoms with van der Waals surface area (Å²) in [6.45, 7) is 0. The van der Waals surface area contributed by atoms with Gasteiger partial charge in [0.15, 0.2) is 0 Å². The lowest BCUT2D eigenvalue weighted by atomic mass is 10.0. The molecule has 1 aromatic rings. The number of allylic oxidation sites excluding steroid dienone is 1. The molecule has 0 bridgehead atoms. The zero-order valence-corrected chi connectivity index (χ0v) is 11.8. The van der Waals surface area contributed by atoms with Gasteiger partial charge in [0.05, 0.1) is 13.2 Å². The van der Waals surface area contributed by atoms with Gasteiger partial charge < -0.3 is 4.74 Å². The fourth-order valence-electron chi connectivity index (χ4n) is 2.36. The molecule has 1 unspecified atom stereocenters. The summed E-state index contributed by atoms with van der Waals surface area (Å²) in [5.41, 5.74) is 0.462. The van der Waals surface area contributed by atoms with E-state index in [9.17, 15) is 10.0 Å². The van der Waals surface area contributed by atoms with E-state index >= 15 is 0 Å². The molecule has 4 nitrogen and oxygen atoms in total. The predicted octanol–water partition coefficient (Wildman–Crippen LogP) is 3.42. The predicted molar refractivity (Wildman–Crippen MR) is 77.0 cm³/mol. The first kappa shape index (κ1) is 14.6. The van der Waals surface area contributed by atoms with Crippen LogP contribution in [0.5, 0.6) is 5.75 Å². The molecule has 2 rings (SSSR count). The van der Waals surface area contributed by atoms with Gasteiger partial charge in [-0.25, -0.2) is 5.06 Å². The van der Waals surface area contributed by atoms with E-state index in [0.717, 1.165) is 30.7 Å². The van der Waals surface area contributed by atoms with Crippen LogP contribution >= 0.6 is 0 Å². The monoisotopic (exact) mass is 275 g/mol. The van der Waals surface area contributed by atoms with Gasteiger partial charge in [-0.2, -0.15) is 0 Å². The quantitative estimate of drug-likeness (QED) is 0.522. The van der Waals surface area contributed by atoms with Crippen molar-refractivity contribution >= 4 is 5.91 Å². The number of benzene rings is 1. The molecule has 0 radical (unpaired) electrons. The van der Waals surface area contributed by atoms with Gasteiger partial charge in [0.1, 0.15) is 5.75 Å². The molecular formula is C16H21NO3. The van der Waals surface area contributed by atoms with Crippen LogP contribution in [0.1, 0.15) is 42.5 Å². The van der Waals surface area contributed by atoms with Crippen LogP contribution in [0.15, 0.2) is 36.4 Å². The minimum absolute atomic E-state index is 0.232. The summed E-state index contributed by atoms with van der Waals surface area (Å²) >= 11 is 0. The number of methoxy groups -OCH3 is 1. The summed E-state index contributed by atoms with van der Waals surface area (Å²) in [4.78, 5) is 12.2. The van der Waals surface area contributed by atoms with Crippen molar-refractivity contribution in [2.24, 2.45) is 0 Å². The van der Waals surface area contributed by atoms with Crippen LogP contribution in [-0.4, -0.2) is 29.3 Å². The number of carbonyl (C=O) groups is 1. The number of hydrogen-bond donors (Lipinski definition) is 1. The SMILES string of the molecule is COc1ccc(C(=O)N(O)C2/C=C\CCCCC2)cc1. The average molecular weight is 275 g/mol. The molecule has 0 saturated carbocycles. The van der Waals surface area contributed by atoms with Crippen molar-refractivity contribution in [3.63, 3.8) is 0 Å². The van der Waals surface area contributed by atoms with Crippen molar-refractivity contribution in [3.8, 4) is 5.75 Å². The lowest BCUT2D eigenvalue weighted by molar-refractivity contribution is -0.0789. The molecule has 1 aliphatic rings. The van der Waals surface area contributed by atoms with Gasteiger partial charge in [-0.3, -0.25) is 10.0 Å². The first-order valence-corrected chi connectivity index (χ1v) is 7.05. The van der Waals surface area contributed by atoms with Crippen molar-refractivity contribution in [3.05, 3.63) is 42.0 Å².